The highest BCUT2D eigenvalue weighted by Crippen LogP contribution is 2.44. The minimum Gasteiger partial charge on any atom is -0.490 e. The molecule has 1 saturated heterocycles. The summed E-state index contributed by atoms with van der Waals surface area (Å²) in [5.74, 6) is 0.402. The van der Waals surface area contributed by atoms with Crippen molar-refractivity contribution in [1.82, 2.24) is 0 Å². The third-order valence-electron chi connectivity index (χ3n) is 4.64. The van der Waals surface area contributed by atoms with E-state index in [4.69, 9.17) is 9.47 Å². The van der Waals surface area contributed by atoms with E-state index in [1.54, 1.807) is 72.8 Å². The first-order valence-electron chi connectivity index (χ1n) is 9.30. The lowest BCUT2D eigenvalue weighted by molar-refractivity contribution is -0.0685. The molecule has 2 nitrogen and oxygen atoms in total. The van der Waals surface area contributed by atoms with Crippen LogP contribution in [0.1, 0.15) is 16.7 Å². The van der Waals surface area contributed by atoms with Crippen LogP contribution >= 0.6 is 0 Å². The van der Waals surface area contributed by atoms with Crippen molar-refractivity contribution >= 4 is 11.1 Å². The molecule has 29 heavy (non-hydrogen) atoms. The van der Waals surface area contributed by atoms with Crippen molar-refractivity contribution in [3.8, 4) is 5.75 Å². The monoisotopic (exact) mass is 396 g/mol. The maximum atomic E-state index is 14.4. The van der Waals surface area contributed by atoms with E-state index in [0.29, 0.717) is 30.1 Å². The third kappa shape index (κ3) is 4.51. The van der Waals surface area contributed by atoms with Crippen molar-refractivity contribution in [3.05, 3.63) is 102 Å². The van der Waals surface area contributed by atoms with E-state index in [-0.39, 0.29) is 17.2 Å². The Kier molecular flexibility index (Phi) is 5.41. The molecule has 1 unspecified atom stereocenters. The standard InChI is InChI=1S/C24H19F3O2/c25-24(26,27)23(18-11-5-2-6-12-18)22(17-9-3-1-4-10-17)20-13-7-8-14-21(20)29-16-19-15-28-19/h1-14,19H,15-16H2. The first-order valence-corrected chi connectivity index (χ1v) is 9.30. The number of hydrogen-bond acceptors (Lipinski definition) is 2. The zero-order valence-corrected chi connectivity index (χ0v) is 15.5. The van der Waals surface area contributed by atoms with E-state index in [2.05, 4.69) is 0 Å². The normalized spacial score (nSPS) is 16.9. The minimum atomic E-state index is -4.56. The highest BCUT2D eigenvalue weighted by atomic mass is 19.4. The van der Waals surface area contributed by atoms with Gasteiger partial charge in [-0.2, -0.15) is 13.2 Å². The van der Waals surface area contributed by atoms with Crippen molar-refractivity contribution < 1.29 is 22.6 Å². The van der Waals surface area contributed by atoms with Crippen LogP contribution in [-0.4, -0.2) is 25.5 Å². The Labute approximate surface area is 167 Å². The summed E-state index contributed by atoms with van der Waals surface area (Å²) in [6.07, 6.45) is -4.55. The summed E-state index contributed by atoms with van der Waals surface area (Å²) in [5.41, 5.74) is 0.386. The smallest absolute Gasteiger partial charge is 0.417 e. The Morgan fingerprint density at radius 3 is 1.97 bits per heavy atom. The van der Waals surface area contributed by atoms with E-state index >= 15 is 0 Å². The van der Waals surface area contributed by atoms with E-state index in [9.17, 15) is 13.2 Å². The van der Waals surface area contributed by atoms with Crippen LogP contribution in [0.2, 0.25) is 0 Å². The fourth-order valence-electron chi connectivity index (χ4n) is 3.24. The van der Waals surface area contributed by atoms with Gasteiger partial charge in [0.25, 0.3) is 0 Å². The molecule has 1 heterocycles. The van der Waals surface area contributed by atoms with Gasteiger partial charge in [0.2, 0.25) is 0 Å². The molecule has 1 aliphatic rings. The number of para-hydroxylation sites is 1. The lowest BCUT2D eigenvalue weighted by Crippen LogP contribution is -2.14. The largest absolute Gasteiger partial charge is 0.490 e. The Bertz CT molecular complexity index is 991. The van der Waals surface area contributed by atoms with E-state index < -0.39 is 11.7 Å². The van der Waals surface area contributed by atoms with Crippen LogP contribution < -0.4 is 4.74 Å². The summed E-state index contributed by atoms with van der Waals surface area (Å²) in [5, 5.41) is 0. The summed E-state index contributed by atoms with van der Waals surface area (Å²) >= 11 is 0. The Balaban J connectivity index is 1.96. The number of benzene rings is 3. The van der Waals surface area contributed by atoms with Gasteiger partial charge in [0.15, 0.2) is 0 Å². The van der Waals surface area contributed by atoms with Crippen molar-refractivity contribution in [2.24, 2.45) is 0 Å². The van der Waals surface area contributed by atoms with Crippen LogP contribution in [-0.2, 0) is 4.74 Å². The van der Waals surface area contributed by atoms with E-state index in [1.807, 2.05) is 0 Å². The zero-order chi connectivity index (χ0) is 20.3. The second-order valence-corrected chi connectivity index (χ2v) is 6.74. The van der Waals surface area contributed by atoms with Gasteiger partial charge in [-0.05, 0) is 17.2 Å². The molecule has 0 spiro atoms. The highest BCUT2D eigenvalue weighted by molar-refractivity contribution is 6.01. The maximum Gasteiger partial charge on any atom is 0.417 e. The van der Waals surface area contributed by atoms with Gasteiger partial charge in [0, 0.05) is 11.1 Å². The molecule has 0 bridgehead atoms. The summed E-state index contributed by atoms with van der Waals surface area (Å²) in [6.45, 7) is 0.924. The van der Waals surface area contributed by atoms with E-state index in [0.717, 1.165) is 0 Å². The molecule has 5 heteroatoms. The number of epoxide rings is 1. The average molecular weight is 396 g/mol. The van der Waals surface area contributed by atoms with Gasteiger partial charge in [-0.1, -0.05) is 78.9 Å². The zero-order valence-electron chi connectivity index (χ0n) is 15.5. The van der Waals surface area contributed by atoms with Crippen LogP contribution in [0.3, 0.4) is 0 Å². The summed E-state index contributed by atoms with van der Waals surface area (Å²) < 4.78 is 54.1. The van der Waals surface area contributed by atoms with Crippen molar-refractivity contribution in [3.63, 3.8) is 0 Å². The molecular weight excluding hydrogens is 377 g/mol. The molecule has 0 amide bonds. The van der Waals surface area contributed by atoms with Crippen LogP contribution in [0.4, 0.5) is 13.2 Å². The molecule has 3 aromatic carbocycles. The molecule has 0 N–H and O–H groups in total. The molecule has 148 valence electrons. The molecular formula is C24H19F3O2. The predicted molar refractivity (Wildman–Crippen MR) is 107 cm³/mol. The van der Waals surface area contributed by atoms with Crippen molar-refractivity contribution in [2.45, 2.75) is 12.3 Å². The number of hydrogen-bond donors (Lipinski definition) is 0. The van der Waals surface area contributed by atoms with Gasteiger partial charge >= 0.3 is 6.18 Å². The Morgan fingerprint density at radius 1 is 0.828 bits per heavy atom. The first-order chi connectivity index (χ1) is 14.0. The Morgan fingerprint density at radius 2 is 1.38 bits per heavy atom. The van der Waals surface area contributed by atoms with E-state index in [1.165, 1.54) is 12.1 Å². The highest BCUT2D eigenvalue weighted by Gasteiger charge is 2.38. The molecule has 0 aliphatic carbocycles. The van der Waals surface area contributed by atoms with Crippen LogP contribution in [0.15, 0.2) is 84.9 Å². The van der Waals surface area contributed by atoms with Crippen LogP contribution in [0, 0.1) is 0 Å². The predicted octanol–water partition coefficient (Wildman–Crippen LogP) is 5.99. The van der Waals surface area contributed by atoms with Crippen LogP contribution in [0.5, 0.6) is 5.75 Å². The van der Waals surface area contributed by atoms with Gasteiger partial charge in [-0.3, -0.25) is 0 Å². The number of alkyl halides is 3. The van der Waals surface area contributed by atoms with Crippen molar-refractivity contribution in [2.75, 3.05) is 13.2 Å². The molecule has 3 aromatic rings. The summed E-state index contributed by atoms with van der Waals surface area (Å²) in [7, 11) is 0. The van der Waals surface area contributed by atoms with Crippen molar-refractivity contribution in [1.29, 1.82) is 0 Å². The molecule has 1 fully saturated rings. The summed E-state index contributed by atoms with van der Waals surface area (Å²) in [6, 6.07) is 23.3. The molecule has 4 rings (SSSR count). The number of rotatable bonds is 6. The van der Waals surface area contributed by atoms with Gasteiger partial charge in [-0.15, -0.1) is 0 Å². The maximum absolute atomic E-state index is 14.4. The molecule has 1 atom stereocenters. The third-order valence-corrected chi connectivity index (χ3v) is 4.64. The lowest BCUT2D eigenvalue weighted by Gasteiger charge is -2.21. The minimum absolute atomic E-state index is 0.00317. The van der Waals surface area contributed by atoms with Gasteiger partial charge in [0.1, 0.15) is 18.5 Å². The van der Waals surface area contributed by atoms with Gasteiger partial charge in [-0.25, -0.2) is 0 Å². The molecule has 0 saturated carbocycles. The number of ether oxygens (including phenoxy) is 2. The molecule has 0 radical (unpaired) electrons. The summed E-state index contributed by atoms with van der Waals surface area (Å²) in [4.78, 5) is 0. The van der Waals surface area contributed by atoms with Gasteiger partial charge < -0.3 is 9.47 Å². The fourth-order valence-corrected chi connectivity index (χ4v) is 3.24. The SMILES string of the molecule is FC(F)(F)C(=C(c1ccccc1)c1ccccc1OCC1CO1)c1ccccc1. The fraction of sp³-hybridized carbons (Fsp3) is 0.167. The second-order valence-electron chi connectivity index (χ2n) is 6.74. The molecule has 1 aliphatic heterocycles. The van der Waals surface area contributed by atoms with Gasteiger partial charge in [0.05, 0.1) is 12.2 Å². The quantitative estimate of drug-likeness (QED) is 0.377. The number of halogens is 3. The Hall–Kier alpha value is -3.05. The molecule has 0 aromatic heterocycles. The second kappa shape index (κ2) is 8.13. The van der Waals surface area contributed by atoms with Crippen LogP contribution in [0.25, 0.3) is 11.1 Å². The first kappa shape index (κ1) is 19.3. The lowest BCUT2D eigenvalue weighted by atomic mass is 9.88. The topological polar surface area (TPSA) is 21.8 Å². The average Bonchev–Trinajstić information content (AvgIpc) is 3.56. The number of allylic oxidation sites excluding steroid dienone is 1.